The number of hydrogen-bond donors (Lipinski definition) is 1. The number of halogens is 3. The summed E-state index contributed by atoms with van der Waals surface area (Å²) in [5, 5.41) is 8.42. The van der Waals surface area contributed by atoms with Crippen molar-refractivity contribution in [2.75, 3.05) is 0 Å². The molecule has 0 aliphatic rings. The number of ether oxygens (including phenoxy) is 1. The first kappa shape index (κ1) is 21.5. The topological polar surface area (TPSA) is 56.2 Å². The van der Waals surface area contributed by atoms with Crippen molar-refractivity contribution in [2.24, 2.45) is 0 Å². The summed E-state index contributed by atoms with van der Waals surface area (Å²) in [6.45, 7) is 5.37. The molecule has 0 spiro atoms. The molecule has 0 atom stereocenters. The van der Waals surface area contributed by atoms with Gasteiger partial charge in [0.15, 0.2) is 5.75 Å². The van der Waals surface area contributed by atoms with Crippen molar-refractivity contribution in [1.82, 2.24) is 15.1 Å². The van der Waals surface area contributed by atoms with E-state index < -0.39 is 0 Å². The van der Waals surface area contributed by atoms with Crippen LogP contribution in [-0.2, 0) is 19.7 Å². The van der Waals surface area contributed by atoms with Crippen LogP contribution < -0.4 is 10.1 Å². The van der Waals surface area contributed by atoms with Crippen LogP contribution in [0.15, 0.2) is 42.6 Å². The highest BCUT2D eigenvalue weighted by Crippen LogP contribution is 2.36. The minimum atomic E-state index is -0.168. The van der Waals surface area contributed by atoms with Gasteiger partial charge in [0.1, 0.15) is 6.61 Å². The lowest BCUT2D eigenvalue weighted by Crippen LogP contribution is -2.23. The number of amides is 1. The highest BCUT2D eigenvalue weighted by atomic mass is 35.5. The molecular weight excluding hydrogens is 433 g/mol. The molecule has 0 radical (unpaired) electrons. The molecule has 8 heteroatoms. The summed E-state index contributed by atoms with van der Waals surface area (Å²) >= 11 is 18.2. The molecule has 1 aromatic heterocycles. The number of rotatable bonds is 7. The molecule has 0 saturated heterocycles. The minimum Gasteiger partial charge on any atom is -0.486 e. The van der Waals surface area contributed by atoms with E-state index in [2.05, 4.69) is 10.4 Å². The molecule has 152 valence electrons. The zero-order chi connectivity index (χ0) is 21.0. The van der Waals surface area contributed by atoms with Crippen molar-refractivity contribution >= 4 is 40.7 Å². The van der Waals surface area contributed by atoms with E-state index in [0.29, 0.717) is 32.9 Å². The zero-order valence-electron chi connectivity index (χ0n) is 16.0. The van der Waals surface area contributed by atoms with Gasteiger partial charge >= 0.3 is 0 Å². The SMILES string of the molecule is CCn1cc(CNC(=O)c2cccc(COc3c(Cl)cc(Cl)cc3Cl)c2)c(C)n1. The lowest BCUT2D eigenvalue weighted by Gasteiger charge is -2.11. The Hall–Kier alpha value is -2.21. The molecule has 2 aromatic carbocycles. The van der Waals surface area contributed by atoms with E-state index in [1.807, 2.05) is 30.8 Å². The fourth-order valence-electron chi connectivity index (χ4n) is 2.80. The molecule has 29 heavy (non-hydrogen) atoms. The van der Waals surface area contributed by atoms with Crippen molar-refractivity contribution < 1.29 is 9.53 Å². The summed E-state index contributed by atoms with van der Waals surface area (Å²) in [4.78, 5) is 12.5. The third-order valence-electron chi connectivity index (χ3n) is 4.35. The van der Waals surface area contributed by atoms with Crippen molar-refractivity contribution in [3.63, 3.8) is 0 Å². The maximum absolute atomic E-state index is 12.5. The van der Waals surface area contributed by atoms with Crippen LogP contribution in [0.3, 0.4) is 0 Å². The lowest BCUT2D eigenvalue weighted by molar-refractivity contribution is 0.0950. The standard InChI is InChI=1S/C21H20Cl3N3O2/c1-3-27-11-16(13(2)26-27)10-25-21(28)15-6-4-5-14(7-15)12-29-20-18(23)8-17(22)9-19(20)24/h4-9,11H,3,10,12H2,1-2H3,(H,25,28). The molecule has 0 unspecified atom stereocenters. The van der Waals surface area contributed by atoms with E-state index in [-0.39, 0.29) is 12.5 Å². The van der Waals surface area contributed by atoms with Gasteiger partial charge in [0.25, 0.3) is 5.91 Å². The Morgan fingerprint density at radius 1 is 1.17 bits per heavy atom. The van der Waals surface area contributed by atoms with Gasteiger partial charge in [-0.3, -0.25) is 9.48 Å². The Labute approximate surface area is 184 Å². The molecule has 1 N–H and O–H groups in total. The normalized spacial score (nSPS) is 10.8. The smallest absolute Gasteiger partial charge is 0.251 e. The zero-order valence-corrected chi connectivity index (χ0v) is 18.3. The third-order valence-corrected chi connectivity index (χ3v) is 5.13. The Bertz CT molecular complexity index is 1010. The first-order valence-electron chi connectivity index (χ1n) is 9.04. The van der Waals surface area contributed by atoms with E-state index in [4.69, 9.17) is 39.5 Å². The van der Waals surface area contributed by atoms with Crippen LogP contribution >= 0.6 is 34.8 Å². The van der Waals surface area contributed by atoms with Crippen LogP contribution in [0.4, 0.5) is 0 Å². The summed E-state index contributed by atoms with van der Waals surface area (Å²) in [5.41, 5.74) is 3.26. The second-order valence-corrected chi connectivity index (χ2v) is 7.72. The molecule has 1 heterocycles. The Kier molecular flexibility index (Phi) is 7.06. The molecule has 0 aliphatic carbocycles. The van der Waals surface area contributed by atoms with Gasteiger partial charge in [0.2, 0.25) is 0 Å². The van der Waals surface area contributed by atoms with E-state index in [9.17, 15) is 4.79 Å². The van der Waals surface area contributed by atoms with Crippen LogP contribution in [0, 0.1) is 6.92 Å². The van der Waals surface area contributed by atoms with Crippen molar-refractivity contribution in [1.29, 1.82) is 0 Å². The number of aromatic nitrogens is 2. The summed E-state index contributed by atoms with van der Waals surface area (Å²) in [6.07, 6.45) is 1.94. The number of carbonyl (C=O) groups excluding carboxylic acids is 1. The number of hydrogen-bond acceptors (Lipinski definition) is 3. The predicted molar refractivity (Wildman–Crippen MR) is 116 cm³/mol. The molecule has 0 bridgehead atoms. The number of benzene rings is 2. The van der Waals surface area contributed by atoms with Crippen LogP contribution in [0.2, 0.25) is 15.1 Å². The van der Waals surface area contributed by atoms with Crippen LogP contribution in [0.1, 0.15) is 34.1 Å². The van der Waals surface area contributed by atoms with E-state index in [1.54, 1.807) is 30.3 Å². The highest BCUT2D eigenvalue weighted by molar-refractivity contribution is 6.40. The Balaban J connectivity index is 1.64. The molecule has 0 saturated carbocycles. The van der Waals surface area contributed by atoms with Crippen LogP contribution in [0.5, 0.6) is 5.75 Å². The number of nitrogens with one attached hydrogen (secondary N) is 1. The van der Waals surface area contributed by atoms with Crippen LogP contribution in [0.25, 0.3) is 0 Å². The summed E-state index contributed by atoms with van der Waals surface area (Å²) in [7, 11) is 0. The van der Waals surface area contributed by atoms with Gasteiger partial charge < -0.3 is 10.1 Å². The highest BCUT2D eigenvalue weighted by Gasteiger charge is 2.12. The van der Waals surface area contributed by atoms with Crippen LogP contribution in [-0.4, -0.2) is 15.7 Å². The van der Waals surface area contributed by atoms with Gasteiger partial charge in [0.05, 0.1) is 15.7 Å². The number of carbonyl (C=O) groups is 1. The largest absolute Gasteiger partial charge is 0.486 e. The fraction of sp³-hybridized carbons (Fsp3) is 0.238. The molecular formula is C21H20Cl3N3O2. The number of aryl methyl sites for hydroxylation is 2. The lowest BCUT2D eigenvalue weighted by atomic mass is 10.1. The molecule has 5 nitrogen and oxygen atoms in total. The van der Waals surface area contributed by atoms with Gasteiger partial charge in [-0.1, -0.05) is 46.9 Å². The second kappa shape index (κ2) is 9.53. The second-order valence-electron chi connectivity index (χ2n) is 6.47. The van der Waals surface area contributed by atoms with E-state index >= 15 is 0 Å². The summed E-state index contributed by atoms with van der Waals surface area (Å²) < 4.78 is 7.59. The quantitative estimate of drug-likeness (QED) is 0.502. The molecule has 3 aromatic rings. The van der Waals surface area contributed by atoms with Gasteiger partial charge in [-0.15, -0.1) is 0 Å². The van der Waals surface area contributed by atoms with E-state index in [0.717, 1.165) is 23.4 Å². The maximum Gasteiger partial charge on any atom is 0.251 e. The predicted octanol–water partition coefficient (Wildman–Crippen LogP) is 5.68. The molecule has 1 amide bonds. The Morgan fingerprint density at radius 3 is 2.55 bits per heavy atom. The molecule has 3 rings (SSSR count). The summed E-state index contributed by atoms with van der Waals surface area (Å²) in [5.74, 6) is 0.189. The first-order chi connectivity index (χ1) is 13.9. The average Bonchev–Trinajstić information content (AvgIpc) is 3.05. The molecule has 0 aliphatic heterocycles. The first-order valence-corrected chi connectivity index (χ1v) is 10.2. The number of nitrogens with zero attached hydrogens (tertiary/aromatic N) is 2. The van der Waals surface area contributed by atoms with Gasteiger partial charge in [0, 0.05) is 35.4 Å². The maximum atomic E-state index is 12.5. The van der Waals surface area contributed by atoms with Crippen molar-refractivity contribution in [2.45, 2.75) is 33.5 Å². The minimum absolute atomic E-state index is 0.168. The van der Waals surface area contributed by atoms with Crippen molar-refractivity contribution in [3.05, 3.63) is 80.0 Å². The molecule has 0 fully saturated rings. The Morgan fingerprint density at radius 2 is 1.90 bits per heavy atom. The summed E-state index contributed by atoms with van der Waals surface area (Å²) in [6, 6.07) is 10.3. The van der Waals surface area contributed by atoms with Gasteiger partial charge in [-0.2, -0.15) is 5.10 Å². The van der Waals surface area contributed by atoms with Gasteiger partial charge in [-0.05, 0) is 43.7 Å². The monoisotopic (exact) mass is 451 g/mol. The fourth-order valence-corrected chi connectivity index (χ4v) is 3.72. The van der Waals surface area contributed by atoms with Crippen molar-refractivity contribution in [3.8, 4) is 5.75 Å². The average molecular weight is 453 g/mol. The van der Waals surface area contributed by atoms with Gasteiger partial charge in [-0.25, -0.2) is 0 Å². The van der Waals surface area contributed by atoms with E-state index in [1.165, 1.54) is 0 Å². The third kappa shape index (κ3) is 5.44.